The van der Waals surface area contributed by atoms with Crippen LogP contribution in [0, 0.1) is 6.92 Å². The fourth-order valence-electron chi connectivity index (χ4n) is 2.77. The van der Waals surface area contributed by atoms with Gasteiger partial charge in [-0.25, -0.2) is 4.98 Å². The number of para-hydroxylation sites is 1. The van der Waals surface area contributed by atoms with Crippen LogP contribution in [0.4, 0.5) is 5.69 Å². The summed E-state index contributed by atoms with van der Waals surface area (Å²) < 4.78 is 11.0. The monoisotopic (exact) mass is 393 g/mol. The number of nitrogens with one attached hydrogen (secondary N) is 2. The fourth-order valence-corrected chi connectivity index (χ4v) is 3.57. The van der Waals surface area contributed by atoms with E-state index in [2.05, 4.69) is 15.3 Å². The van der Waals surface area contributed by atoms with Crippen LogP contribution >= 0.6 is 11.8 Å². The summed E-state index contributed by atoms with van der Waals surface area (Å²) in [4.78, 5) is 20.5. The zero-order valence-electron chi connectivity index (χ0n) is 15.4. The Balaban J connectivity index is 1.55. The van der Waals surface area contributed by atoms with Crippen LogP contribution in [0.5, 0.6) is 0 Å². The number of imidazole rings is 1. The number of carbonyl (C=O) groups is 1. The molecule has 1 amide bonds. The molecule has 0 aliphatic rings. The van der Waals surface area contributed by atoms with Gasteiger partial charge in [0, 0.05) is 5.69 Å². The highest BCUT2D eigenvalue weighted by atomic mass is 32.2. The third-order valence-electron chi connectivity index (χ3n) is 4.26. The van der Waals surface area contributed by atoms with Crippen molar-refractivity contribution in [2.45, 2.75) is 24.3 Å². The number of aryl methyl sites for hydroxylation is 1. The second-order valence-electron chi connectivity index (χ2n) is 6.28. The lowest BCUT2D eigenvalue weighted by molar-refractivity contribution is -0.115. The van der Waals surface area contributed by atoms with Gasteiger partial charge in [-0.3, -0.25) is 4.79 Å². The van der Waals surface area contributed by atoms with E-state index in [9.17, 15) is 4.79 Å². The third kappa shape index (κ3) is 3.75. The number of nitrogens with zero attached hydrogens (tertiary/aromatic N) is 1. The number of amides is 1. The molecule has 3 heterocycles. The van der Waals surface area contributed by atoms with Gasteiger partial charge in [-0.2, -0.15) is 0 Å². The van der Waals surface area contributed by atoms with Gasteiger partial charge in [0.2, 0.25) is 5.91 Å². The number of hydrogen-bond donors (Lipinski definition) is 2. The van der Waals surface area contributed by atoms with Crippen molar-refractivity contribution in [3.63, 3.8) is 0 Å². The molecule has 7 heteroatoms. The molecule has 0 fully saturated rings. The molecule has 0 saturated carbocycles. The van der Waals surface area contributed by atoms with Crippen molar-refractivity contribution in [3.05, 3.63) is 66.6 Å². The second kappa shape index (κ2) is 7.82. The number of aromatic amines is 1. The predicted octanol–water partition coefficient (Wildman–Crippen LogP) is 5.36. The van der Waals surface area contributed by atoms with Crippen LogP contribution in [-0.4, -0.2) is 21.1 Å². The summed E-state index contributed by atoms with van der Waals surface area (Å²) in [5, 5.41) is 3.24. The normalized spacial score (nSPS) is 12.1. The van der Waals surface area contributed by atoms with Gasteiger partial charge in [-0.1, -0.05) is 30.0 Å². The molecule has 0 radical (unpaired) electrons. The number of aromatic nitrogens is 2. The van der Waals surface area contributed by atoms with Crippen molar-refractivity contribution < 1.29 is 13.6 Å². The van der Waals surface area contributed by atoms with E-state index < -0.39 is 0 Å². The Morgan fingerprint density at radius 2 is 1.79 bits per heavy atom. The first-order valence-electron chi connectivity index (χ1n) is 8.82. The minimum Gasteiger partial charge on any atom is -0.463 e. The van der Waals surface area contributed by atoms with Gasteiger partial charge in [0.1, 0.15) is 11.4 Å². The quantitative estimate of drug-likeness (QED) is 0.431. The van der Waals surface area contributed by atoms with Crippen molar-refractivity contribution in [3.8, 4) is 22.9 Å². The van der Waals surface area contributed by atoms with Crippen LogP contribution in [0.3, 0.4) is 0 Å². The number of hydrogen-bond acceptors (Lipinski definition) is 5. The highest BCUT2D eigenvalue weighted by molar-refractivity contribution is 8.00. The van der Waals surface area contributed by atoms with E-state index in [0.29, 0.717) is 28.1 Å². The van der Waals surface area contributed by atoms with Crippen LogP contribution in [0.15, 0.2) is 75.0 Å². The minimum absolute atomic E-state index is 0.0882. The van der Waals surface area contributed by atoms with Crippen LogP contribution in [0.1, 0.15) is 12.5 Å². The Bertz CT molecular complexity index is 1020. The van der Waals surface area contributed by atoms with Crippen LogP contribution in [0.2, 0.25) is 0 Å². The molecule has 0 aliphatic carbocycles. The average Bonchev–Trinajstić information content (AvgIpc) is 3.44. The molecule has 4 rings (SSSR count). The Hall–Kier alpha value is -3.19. The van der Waals surface area contributed by atoms with E-state index in [1.54, 1.807) is 18.6 Å². The summed E-state index contributed by atoms with van der Waals surface area (Å²) in [7, 11) is 0. The lowest BCUT2D eigenvalue weighted by Gasteiger charge is -2.12. The van der Waals surface area contributed by atoms with Crippen molar-refractivity contribution in [2.75, 3.05) is 5.32 Å². The summed E-state index contributed by atoms with van der Waals surface area (Å²) in [6.07, 6.45) is 3.20. The third-order valence-corrected chi connectivity index (χ3v) is 5.25. The van der Waals surface area contributed by atoms with Gasteiger partial charge in [-0.05, 0) is 49.7 Å². The summed E-state index contributed by atoms with van der Waals surface area (Å²) in [5.41, 5.74) is 3.20. The highest BCUT2D eigenvalue weighted by Gasteiger charge is 2.22. The molecule has 1 unspecified atom stereocenters. The van der Waals surface area contributed by atoms with Crippen LogP contribution in [0.25, 0.3) is 22.9 Å². The maximum atomic E-state index is 12.6. The molecule has 1 aromatic carbocycles. The largest absolute Gasteiger partial charge is 0.463 e. The predicted molar refractivity (Wildman–Crippen MR) is 109 cm³/mol. The standard InChI is InChI=1S/C21H19N3O3S/c1-13-7-3-4-8-15(13)22-20(25)14(2)28-21-23-18(16-9-5-11-26-16)19(24-21)17-10-6-12-27-17/h3-12,14H,1-2H3,(H,22,25)(H,23,24). The first-order chi connectivity index (χ1) is 13.6. The van der Waals surface area contributed by atoms with E-state index >= 15 is 0 Å². The van der Waals surface area contributed by atoms with E-state index in [4.69, 9.17) is 8.83 Å². The fraction of sp³-hybridized carbons (Fsp3) is 0.143. The van der Waals surface area contributed by atoms with Crippen molar-refractivity contribution in [1.82, 2.24) is 9.97 Å². The minimum atomic E-state index is -0.348. The van der Waals surface area contributed by atoms with Crippen LogP contribution < -0.4 is 5.32 Å². The number of furan rings is 2. The highest BCUT2D eigenvalue weighted by Crippen LogP contribution is 2.34. The molecule has 28 heavy (non-hydrogen) atoms. The maximum Gasteiger partial charge on any atom is 0.237 e. The molecule has 0 bridgehead atoms. The number of carbonyl (C=O) groups excluding carboxylic acids is 1. The van der Waals surface area contributed by atoms with Crippen LogP contribution in [-0.2, 0) is 4.79 Å². The van der Waals surface area contributed by atoms with Gasteiger partial charge in [0.25, 0.3) is 0 Å². The molecular weight excluding hydrogens is 374 g/mol. The molecule has 3 aromatic heterocycles. The number of anilines is 1. The molecule has 0 saturated heterocycles. The Kier molecular flexibility index (Phi) is 5.08. The molecule has 0 aliphatic heterocycles. The second-order valence-corrected chi connectivity index (χ2v) is 7.61. The molecule has 2 N–H and O–H groups in total. The Morgan fingerprint density at radius 3 is 2.46 bits per heavy atom. The first kappa shape index (κ1) is 18.2. The summed E-state index contributed by atoms with van der Waals surface area (Å²) in [5.74, 6) is 1.20. The van der Waals surface area contributed by atoms with Gasteiger partial charge in [0.05, 0.1) is 17.8 Å². The Labute approximate surface area is 166 Å². The van der Waals surface area contributed by atoms with Gasteiger partial charge < -0.3 is 19.1 Å². The smallest absolute Gasteiger partial charge is 0.237 e. The molecule has 1 atom stereocenters. The molecule has 4 aromatic rings. The van der Waals surface area contributed by atoms with E-state index in [0.717, 1.165) is 11.3 Å². The van der Waals surface area contributed by atoms with Crippen molar-refractivity contribution in [2.24, 2.45) is 0 Å². The van der Waals surface area contributed by atoms with E-state index in [1.165, 1.54) is 11.8 Å². The number of H-pyrrole nitrogens is 1. The molecular formula is C21H19N3O3S. The topological polar surface area (TPSA) is 84.1 Å². The zero-order valence-corrected chi connectivity index (χ0v) is 16.2. The zero-order chi connectivity index (χ0) is 19.5. The lowest BCUT2D eigenvalue weighted by atomic mass is 10.2. The molecule has 6 nitrogen and oxygen atoms in total. The van der Waals surface area contributed by atoms with Gasteiger partial charge >= 0.3 is 0 Å². The number of thioether (sulfide) groups is 1. The van der Waals surface area contributed by atoms with Crippen molar-refractivity contribution in [1.29, 1.82) is 0 Å². The molecule has 142 valence electrons. The maximum absolute atomic E-state index is 12.6. The summed E-state index contributed by atoms with van der Waals surface area (Å²) >= 11 is 1.34. The Morgan fingerprint density at radius 1 is 1.07 bits per heavy atom. The SMILES string of the molecule is Cc1ccccc1NC(=O)C(C)Sc1nc(-c2ccco2)c(-c2ccco2)[nH]1. The number of benzene rings is 1. The average molecular weight is 393 g/mol. The number of rotatable bonds is 6. The van der Waals surface area contributed by atoms with Gasteiger partial charge in [0.15, 0.2) is 16.7 Å². The first-order valence-corrected chi connectivity index (χ1v) is 9.70. The molecule has 0 spiro atoms. The van der Waals surface area contributed by atoms with E-state index in [-0.39, 0.29) is 11.2 Å². The summed E-state index contributed by atoms with van der Waals surface area (Å²) in [6.45, 7) is 3.81. The van der Waals surface area contributed by atoms with Gasteiger partial charge in [-0.15, -0.1) is 0 Å². The van der Waals surface area contributed by atoms with Crippen molar-refractivity contribution >= 4 is 23.4 Å². The lowest BCUT2D eigenvalue weighted by Crippen LogP contribution is -2.22. The van der Waals surface area contributed by atoms with E-state index in [1.807, 2.05) is 56.3 Å². The summed E-state index contributed by atoms with van der Waals surface area (Å²) in [6, 6.07) is 15.0.